The van der Waals surface area contributed by atoms with Crippen molar-refractivity contribution in [3.05, 3.63) is 22.2 Å². The predicted octanol–water partition coefficient (Wildman–Crippen LogP) is 1.21. The summed E-state index contributed by atoms with van der Waals surface area (Å²) in [6, 6.07) is 2.30. The van der Waals surface area contributed by atoms with Crippen LogP contribution < -0.4 is 9.88 Å². The van der Waals surface area contributed by atoms with Crippen LogP contribution in [0.15, 0.2) is 17.0 Å². The van der Waals surface area contributed by atoms with Crippen molar-refractivity contribution in [3.8, 4) is 5.75 Å². The Bertz CT molecular complexity index is 745. The Morgan fingerprint density at radius 3 is 2.40 bits per heavy atom. The maximum absolute atomic E-state index is 11.3. The summed E-state index contributed by atoms with van der Waals surface area (Å²) in [7, 11) is -7.07. The van der Waals surface area contributed by atoms with Crippen LogP contribution in [0.1, 0.15) is 6.42 Å². The average Bonchev–Trinajstić information content (AvgIpc) is 2.61. The van der Waals surface area contributed by atoms with Gasteiger partial charge < -0.3 is 4.74 Å². The topological polar surface area (TPSA) is 104 Å². The molecule has 112 valence electrons. The van der Waals surface area contributed by atoms with E-state index in [0.29, 0.717) is 6.42 Å². The van der Waals surface area contributed by atoms with E-state index in [0.717, 1.165) is 6.07 Å². The maximum atomic E-state index is 11.3. The minimum atomic E-state index is -3.99. The Balaban J connectivity index is 2.29. The highest BCUT2D eigenvalue weighted by atomic mass is 35.5. The van der Waals surface area contributed by atoms with Gasteiger partial charge >= 0.3 is 0 Å². The predicted molar refractivity (Wildman–Crippen MR) is 75.5 cm³/mol. The van der Waals surface area contributed by atoms with Gasteiger partial charge in [-0.3, -0.25) is 0 Å². The molecule has 1 saturated heterocycles. The van der Waals surface area contributed by atoms with Crippen LogP contribution in [0.2, 0.25) is 10.0 Å². The molecule has 1 aromatic carbocycles. The summed E-state index contributed by atoms with van der Waals surface area (Å²) >= 11 is 11.7. The number of hydrogen-bond donors (Lipinski definition) is 1. The molecule has 0 aliphatic carbocycles. The zero-order valence-corrected chi connectivity index (χ0v) is 13.2. The molecule has 10 heteroatoms. The molecule has 1 aromatic rings. The number of hydrogen-bond acceptors (Lipinski definition) is 5. The molecule has 1 aliphatic rings. The first-order chi connectivity index (χ1) is 9.08. The number of sulfonamides is 1. The van der Waals surface area contributed by atoms with E-state index in [1.54, 1.807) is 0 Å². The Hall–Kier alpha value is -0.540. The summed E-state index contributed by atoms with van der Waals surface area (Å²) in [4.78, 5) is -0.310. The molecule has 1 heterocycles. The van der Waals surface area contributed by atoms with Crippen LogP contribution in [0.5, 0.6) is 5.75 Å². The van der Waals surface area contributed by atoms with E-state index < -0.39 is 26.0 Å². The SMILES string of the molecule is NS(=O)(=O)c1cc(Cl)c(OC2CCS(=O)(=O)C2)cc1Cl. The largest absolute Gasteiger partial charge is 0.488 e. The monoisotopic (exact) mass is 359 g/mol. The first kappa shape index (κ1) is 15.8. The quantitative estimate of drug-likeness (QED) is 0.873. The lowest BCUT2D eigenvalue weighted by Gasteiger charge is -2.14. The zero-order chi connectivity index (χ0) is 15.1. The highest BCUT2D eigenvalue weighted by molar-refractivity contribution is 7.91. The highest BCUT2D eigenvalue weighted by Gasteiger charge is 2.30. The van der Waals surface area contributed by atoms with Crippen molar-refractivity contribution in [2.45, 2.75) is 17.4 Å². The van der Waals surface area contributed by atoms with Crippen LogP contribution in [-0.2, 0) is 19.9 Å². The van der Waals surface area contributed by atoms with Crippen LogP contribution in [-0.4, -0.2) is 34.4 Å². The Morgan fingerprint density at radius 2 is 1.90 bits per heavy atom. The van der Waals surface area contributed by atoms with Crippen LogP contribution >= 0.6 is 23.2 Å². The van der Waals surface area contributed by atoms with Gasteiger partial charge in [-0.2, -0.15) is 0 Å². The highest BCUT2D eigenvalue weighted by Crippen LogP contribution is 2.34. The van der Waals surface area contributed by atoms with E-state index in [1.165, 1.54) is 6.07 Å². The summed E-state index contributed by atoms with van der Waals surface area (Å²) in [5.74, 6) is 0.0852. The van der Waals surface area contributed by atoms with Gasteiger partial charge in [-0.05, 0) is 12.5 Å². The van der Waals surface area contributed by atoms with Gasteiger partial charge in [0.15, 0.2) is 9.84 Å². The number of benzene rings is 1. The van der Waals surface area contributed by atoms with Crippen molar-refractivity contribution in [1.29, 1.82) is 0 Å². The Kier molecular flexibility index (Phi) is 4.23. The first-order valence-corrected chi connectivity index (χ1v) is 9.60. The Morgan fingerprint density at radius 1 is 1.25 bits per heavy atom. The number of ether oxygens (including phenoxy) is 1. The van der Waals surface area contributed by atoms with E-state index in [2.05, 4.69) is 0 Å². The average molecular weight is 360 g/mol. The van der Waals surface area contributed by atoms with E-state index in [-0.39, 0.29) is 32.2 Å². The standard InChI is InChI=1S/C10H11Cl2NO5S2/c11-7-4-10(20(13,16)17)8(12)3-9(7)18-6-1-2-19(14,15)5-6/h3-4,6H,1-2,5H2,(H2,13,16,17). The van der Waals surface area contributed by atoms with Crippen molar-refractivity contribution >= 4 is 43.1 Å². The fourth-order valence-electron chi connectivity index (χ4n) is 1.85. The lowest BCUT2D eigenvalue weighted by atomic mass is 10.3. The smallest absolute Gasteiger partial charge is 0.239 e. The zero-order valence-electron chi connectivity index (χ0n) is 10.0. The minimum absolute atomic E-state index is 0.00252. The van der Waals surface area contributed by atoms with Crippen LogP contribution in [0.3, 0.4) is 0 Å². The molecule has 1 unspecified atom stereocenters. The molecule has 0 radical (unpaired) electrons. The number of nitrogens with two attached hydrogens (primary N) is 1. The molecule has 0 amide bonds. The van der Waals surface area contributed by atoms with E-state index in [9.17, 15) is 16.8 Å². The molecule has 0 aromatic heterocycles. The molecule has 1 fully saturated rings. The summed E-state index contributed by atoms with van der Waals surface area (Å²) < 4.78 is 50.6. The van der Waals surface area contributed by atoms with Crippen LogP contribution in [0.25, 0.3) is 0 Å². The van der Waals surface area contributed by atoms with Gasteiger partial charge in [0.1, 0.15) is 16.7 Å². The van der Waals surface area contributed by atoms with Crippen LogP contribution in [0, 0.1) is 0 Å². The van der Waals surface area contributed by atoms with Gasteiger partial charge in [-0.1, -0.05) is 23.2 Å². The van der Waals surface area contributed by atoms with Crippen molar-refractivity contribution < 1.29 is 21.6 Å². The van der Waals surface area contributed by atoms with E-state index in [4.69, 9.17) is 33.1 Å². The van der Waals surface area contributed by atoms with Crippen molar-refractivity contribution in [1.82, 2.24) is 0 Å². The summed E-state index contributed by atoms with van der Waals surface area (Å²) in [6.07, 6.45) is -0.165. The maximum Gasteiger partial charge on any atom is 0.239 e. The van der Waals surface area contributed by atoms with E-state index >= 15 is 0 Å². The number of rotatable bonds is 3. The number of halogens is 2. The van der Waals surface area contributed by atoms with Gasteiger partial charge in [0.25, 0.3) is 0 Å². The normalized spacial score (nSPS) is 21.9. The van der Waals surface area contributed by atoms with Gasteiger partial charge in [0.2, 0.25) is 10.0 Å². The molecular formula is C10H11Cl2NO5S2. The van der Waals surface area contributed by atoms with Gasteiger partial charge in [-0.25, -0.2) is 22.0 Å². The Labute approximate surface area is 126 Å². The molecule has 2 N–H and O–H groups in total. The first-order valence-electron chi connectivity index (χ1n) is 5.47. The van der Waals surface area contributed by atoms with Crippen molar-refractivity contribution in [2.24, 2.45) is 5.14 Å². The fourth-order valence-corrected chi connectivity index (χ4v) is 4.80. The molecule has 20 heavy (non-hydrogen) atoms. The molecule has 1 aliphatic heterocycles. The molecule has 1 atom stereocenters. The molecular weight excluding hydrogens is 349 g/mol. The van der Waals surface area contributed by atoms with Gasteiger partial charge in [0, 0.05) is 6.07 Å². The fraction of sp³-hybridized carbons (Fsp3) is 0.400. The molecule has 2 rings (SSSR count). The third-order valence-corrected chi connectivity index (χ3v) is 6.19. The molecule has 0 spiro atoms. The summed E-state index contributed by atoms with van der Waals surface area (Å²) in [6.45, 7) is 0. The summed E-state index contributed by atoms with van der Waals surface area (Å²) in [5, 5.41) is 4.86. The van der Waals surface area contributed by atoms with Gasteiger partial charge in [0.05, 0.1) is 21.6 Å². The number of sulfone groups is 1. The molecule has 0 bridgehead atoms. The number of primary sulfonamides is 1. The molecule has 6 nitrogen and oxygen atoms in total. The van der Waals surface area contributed by atoms with Crippen molar-refractivity contribution in [3.63, 3.8) is 0 Å². The second kappa shape index (κ2) is 5.34. The van der Waals surface area contributed by atoms with Crippen LogP contribution in [0.4, 0.5) is 0 Å². The second-order valence-corrected chi connectivity index (χ2v) is 8.97. The lowest BCUT2D eigenvalue weighted by molar-refractivity contribution is 0.229. The summed E-state index contributed by atoms with van der Waals surface area (Å²) in [5.41, 5.74) is 0. The van der Waals surface area contributed by atoms with Gasteiger partial charge in [-0.15, -0.1) is 0 Å². The lowest BCUT2D eigenvalue weighted by Crippen LogP contribution is -2.18. The third kappa shape index (κ3) is 3.56. The van der Waals surface area contributed by atoms with Crippen molar-refractivity contribution in [2.75, 3.05) is 11.5 Å². The second-order valence-electron chi connectivity index (χ2n) is 4.40. The molecule has 0 saturated carbocycles. The van der Waals surface area contributed by atoms with E-state index in [1.807, 2.05) is 0 Å². The third-order valence-electron chi connectivity index (χ3n) is 2.78. The minimum Gasteiger partial charge on any atom is -0.488 e.